The van der Waals surface area contributed by atoms with Gasteiger partial charge in [-0.2, -0.15) is 0 Å². The SMILES string of the molecule is C=C/C=C(C(=O)O)\C(=C/Cl)OC(C)=O.CCC(C)(C)CC(C)(C)C. The second-order valence-electron chi connectivity index (χ2n) is 7.44. The normalized spacial score (nSPS) is 12.8. The van der Waals surface area contributed by atoms with E-state index in [1.165, 1.54) is 25.0 Å². The van der Waals surface area contributed by atoms with Gasteiger partial charge in [-0.25, -0.2) is 4.79 Å². The Morgan fingerprint density at radius 2 is 1.71 bits per heavy atom. The van der Waals surface area contributed by atoms with Gasteiger partial charge < -0.3 is 9.84 Å². The number of rotatable bonds is 6. The fourth-order valence-corrected chi connectivity index (χ4v) is 2.39. The highest BCUT2D eigenvalue weighted by Gasteiger charge is 2.23. The first-order valence-corrected chi connectivity index (χ1v) is 8.28. The number of ether oxygens (including phenoxy) is 1. The first kappa shape index (κ1) is 24.7. The molecule has 0 amide bonds. The van der Waals surface area contributed by atoms with Crippen LogP contribution in [-0.2, 0) is 14.3 Å². The van der Waals surface area contributed by atoms with E-state index in [4.69, 9.17) is 16.7 Å². The fourth-order valence-electron chi connectivity index (χ4n) is 2.23. The van der Waals surface area contributed by atoms with Crippen molar-refractivity contribution in [2.45, 2.75) is 61.3 Å². The van der Waals surface area contributed by atoms with Gasteiger partial charge in [0, 0.05) is 12.5 Å². The maximum atomic E-state index is 10.7. The Kier molecular flexibility index (Phi) is 11.4. The van der Waals surface area contributed by atoms with E-state index in [-0.39, 0.29) is 11.3 Å². The van der Waals surface area contributed by atoms with Crippen molar-refractivity contribution in [1.29, 1.82) is 0 Å². The van der Waals surface area contributed by atoms with Gasteiger partial charge in [0.05, 0.1) is 0 Å². The summed E-state index contributed by atoms with van der Waals surface area (Å²) < 4.78 is 4.57. The third-order valence-corrected chi connectivity index (χ3v) is 3.30. The molecular weight excluding hydrogens is 328 g/mol. The maximum Gasteiger partial charge on any atom is 0.339 e. The molecule has 1 N–H and O–H groups in total. The Hall–Kier alpha value is -1.55. The molecule has 0 rings (SSSR count). The lowest BCUT2D eigenvalue weighted by molar-refractivity contribution is -0.137. The van der Waals surface area contributed by atoms with Crippen molar-refractivity contribution < 1.29 is 19.4 Å². The highest BCUT2D eigenvalue weighted by Crippen LogP contribution is 2.35. The van der Waals surface area contributed by atoms with Gasteiger partial charge in [0.2, 0.25) is 0 Å². The summed E-state index contributed by atoms with van der Waals surface area (Å²) in [7, 11) is 0. The molecule has 0 aromatic heterocycles. The fraction of sp³-hybridized carbons (Fsp3) is 0.579. The van der Waals surface area contributed by atoms with Crippen molar-refractivity contribution in [1.82, 2.24) is 0 Å². The van der Waals surface area contributed by atoms with Crippen LogP contribution in [0.5, 0.6) is 0 Å². The summed E-state index contributed by atoms with van der Waals surface area (Å²) >= 11 is 5.31. The van der Waals surface area contributed by atoms with Crippen molar-refractivity contribution in [2.24, 2.45) is 10.8 Å². The number of hydrogen-bond donors (Lipinski definition) is 1. The lowest BCUT2D eigenvalue weighted by atomic mass is 9.75. The lowest BCUT2D eigenvalue weighted by Crippen LogP contribution is -2.19. The summed E-state index contributed by atoms with van der Waals surface area (Å²) in [6.07, 6.45) is 5.04. The van der Waals surface area contributed by atoms with Crippen LogP contribution < -0.4 is 0 Å². The Labute approximate surface area is 151 Å². The Balaban J connectivity index is 0. The number of aliphatic carboxylic acids is 1. The smallest absolute Gasteiger partial charge is 0.339 e. The van der Waals surface area contributed by atoms with Crippen LogP contribution in [0, 0.1) is 10.8 Å². The van der Waals surface area contributed by atoms with Gasteiger partial charge in [-0.3, -0.25) is 4.79 Å². The number of halogens is 1. The Bertz CT molecular complexity index is 494. The molecule has 0 bridgehead atoms. The summed E-state index contributed by atoms with van der Waals surface area (Å²) in [6.45, 7) is 18.4. The average Bonchev–Trinajstić information content (AvgIpc) is 2.40. The predicted molar refractivity (Wildman–Crippen MR) is 99.8 cm³/mol. The van der Waals surface area contributed by atoms with Gasteiger partial charge in [0.25, 0.3) is 0 Å². The number of carbonyl (C=O) groups is 2. The molecule has 0 radical (unpaired) electrons. The number of esters is 1. The van der Waals surface area contributed by atoms with E-state index < -0.39 is 11.9 Å². The minimum atomic E-state index is -1.25. The van der Waals surface area contributed by atoms with Crippen molar-refractivity contribution in [2.75, 3.05) is 0 Å². The number of hydrogen-bond acceptors (Lipinski definition) is 3. The Morgan fingerprint density at radius 3 is 1.92 bits per heavy atom. The second kappa shape index (κ2) is 11.1. The molecule has 0 aromatic rings. The monoisotopic (exact) mass is 358 g/mol. The highest BCUT2D eigenvalue weighted by molar-refractivity contribution is 6.26. The lowest BCUT2D eigenvalue weighted by Gasteiger charge is -2.31. The first-order valence-electron chi connectivity index (χ1n) is 7.85. The molecule has 0 aromatic carbocycles. The molecule has 4 nitrogen and oxygen atoms in total. The molecule has 0 aliphatic carbocycles. The topological polar surface area (TPSA) is 63.6 Å². The van der Waals surface area contributed by atoms with Gasteiger partial charge in [-0.15, -0.1) is 0 Å². The van der Waals surface area contributed by atoms with E-state index in [1.807, 2.05) is 0 Å². The largest absolute Gasteiger partial charge is 0.478 e. The molecule has 0 atom stereocenters. The van der Waals surface area contributed by atoms with Crippen molar-refractivity contribution >= 4 is 23.5 Å². The van der Waals surface area contributed by atoms with Crippen LogP contribution >= 0.6 is 11.6 Å². The van der Waals surface area contributed by atoms with Crippen molar-refractivity contribution in [3.8, 4) is 0 Å². The van der Waals surface area contributed by atoms with Crippen LogP contribution in [-0.4, -0.2) is 17.0 Å². The van der Waals surface area contributed by atoms with Crippen LogP contribution in [0.15, 0.2) is 35.6 Å². The summed E-state index contributed by atoms with van der Waals surface area (Å²) in [5.41, 5.74) is 1.66. The molecule has 138 valence electrons. The molecule has 0 saturated heterocycles. The van der Waals surface area contributed by atoms with E-state index in [0.717, 1.165) is 12.5 Å². The molecule has 0 aliphatic heterocycles. The van der Waals surface area contributed by atoms with Gasteiger partial charge in [0.15, 0.2) is 5.76 Å². The first-order chi connectivity index (χ1) is 10.8. The standard InChI is InChI=1S/C10H22.C9H9ClO4/c1-7-10(5,6)8-9(2,3)4;1-3-4-7(9(12)13)8(5-10)14-6(2)11/h7-8H2,1-6H3;3-5H,1H2,2H3,(H,12,13)/b;7-4+,8-5+. The molecule has 24 heavy (non-hydrogen) atoms. The predicted octanol–water partition coefficient (Wildman–Crippen LogP) is 5.69. The van der Waals surface area contributed by atoms with E-state index >= 15 is 0 Å². The van der Waals surface area contributed by atoms with Gasteiger partial charge in [-0.1, -0.05) is 72.2 Å². The zero-order valence-electron chi connectivity index (χ0n) is 15.9. The summed E-state index contributed by atoms with van der Waals surface area (Å²) in [5.74, 6) is -2.11. The number of allylic oxidation sites excluding steroid dienone is 2. The van der Waals surface area contributed by atoms with E-state index in [9.17, 15) is 9.59 Å². The van der Waals surface area contributed by atoms with Gasteiger partial charge in [0.1, 0.15) is 5.57 Å². The molecule has 0 saturated carbocycles. The van der Waals surface area contributed by atoms with Crippen molar-refractivity contribution in [3.63, 3.8) is 0 Å². The second-order valence-corrected chi connectivity index (χ2v) is 7.66. The molecule has 0 fully saturated rings. The third-order valence-electron chi connectivity index (χ3n) is 3.10. The van der Waals surface area contributed by atoms with Crippen LogP contribution in [0.1, 0.15) is 61.3 Å². The van der Waals surface area contributed by atoms with E-state index in [0.29, 0.717) is 10.8 Å². The number of carboxylic acids is 1. The third kappa shape index (κ3) is 12.9. The van der Waals surface area contributed by atoms with Crippen LogP contribution in [0.2, 0.25) is 0 Å². The molecule has 0 spiro atoms. The zero-order valence-corrected chi connectivity index (χ0v) is 16.7. The van der Waals surface area contributed by atoms with Crippen LogP contribution in [0.25, 0.3) is 0 Å². The summed E-state index contributed by atoms with van der Waals surface area (Å²) in [4.78, 5) is 21.2. The van der Waals surface area contributed by atoms with E-state index in [1.54, 1.807) is 0 Å². The summed E-state index contributed by atoms with van der Waals surface area (Å²) in [6, 6.07) is 0. The molecule has 5 heteroatoms. The minimum absolute atomic E-state index is 0.216. The van der Waals surface area contributed by atoms with Crippen LogP contribution in [0.3, 0.4) is 0 Å². The maximum absolute atomic E-state index is 10.7. The average molecular weight is 359 g/mol. The minimum Gasteiger partial charge on any atom is -0.478 e. The highest BCUT2D eigenvalue weighted by atomic mass is 35.5. The van der Waals surface area contributed by atoms with Gasteiger partial charge in [-0.05, 0) is 23.3 Å². The van der Waals surface area contributed by atoms with E-state index in [2.05, 4.69) is 52.9 Å². The quantitative estimate of drug-likeness (QED) is 0.287. The van der Waals surface area contributed by atoms with Crippen LogP contribution in [0.4, 0.5) is 0 Å². The molecule has 0 unspecified atom stereocenters. The zero-order chi connectivity index (χ0) is 19.6. The number of carbonyl (C=O) groups excluding carboxylic acids is 1. The molecule has 0 aliphatic rings. The Morgan fingerprint density at radius 1 is 1.21 bits per heavy atom. The van der Waals surface area contributed by atoms with Crippen molar-refractivity contribution in [3.05, 3.63) is 35.6 Å². The number of carboxylic acid groups (broad SMARTS) is 1. The molecule has 0 heterocycles. The molecular formula is C19H31ClO4. The van der Waals surface area contributed by atoms with Gasteiger partial charge >= 0.3 is 11.9 Å². The summed E-state index contributed by atoms with van der Waals surface area (Å²) in [5, 5.41) is 8.71.